The number of aliphatic imine (C=N–C) groups is 2. The van der Waals surface area contributed by atoms with Crippen LogP contribution in [-0.4, -0.2) is 36.7 Å². The predicted octanol–water partition coefficient (Wildman–Crippen LogP) is 16.6. The van der Waals surface area contributed by atoms with Gasteiger partial charge >= 0.3 is 50.9 Å². The molecule has 0 amide bonds. The van der Waals surface area contributed by atoms with Gasteiger partial charge in [0.25, 0.3) is 0 Å². The van der Waals surface area contributed by atoms with E-state index in [9.17, 15) is 62.9 Å². The third-order valence-corrected chi connectivity index (χ3v) is 9.96. The SMILES string of the molecule is CN=Cc1cc(-c2cc(C(F)(F)F)cc(C(F)(F)F)c2)cc(C(C)(C)C)c1O.CN=Cc1cc(-c2cc(C(F)(F)F)cc(C(F)(F)F)c2)cc(C(C)(C)C)c1O.[CH2-]c1ccccc1.[CH2-]c1ccccc1.[Zr+2]. The second-order valence-electron chi connectivity index (χ2n) is 17.8. The van der Waals surface area contributed by atoms with Crippen molar-refractivity contribution in [2.75, 3.05) is 14.1 Å². The van der Waals surface area contributed by atoms with Gasteiger partial charge < -0.3 is 10.2 Å². The summed E-state index contributed by atoms with van der Waals surface area (Å²) < 4.78 is 158. The molecule has 0 saturated carbocycles. The molecule has 0 radical (unpaired) electrons. The van der Waals surface area contributed by atoms with Crippen LogP contribution < -0.4 is 0 Å². The van der Waals surface area contributed by atoms with E-state index in [1.165, 1.54) is 50.8 Å². The summed E-state index contributed by atoms with van der Waals surface area (Å²) in [6.45, 7) is 18.1. The van der Waals surface area contributed by atoms with Crippen LogP contribution in [0.1, 0.15) is 97.2 Å². The smallest absolute Gasteiger partial charge is 0.507 e. The van der Waals surface area contributed by atoms with Gasteiger partial charge in [0.1, 0.15) is 11.5 Å². The molecule has 6 aromatic carbocycles. The molecule has 6 rings (SSSR count). The Labute approximate surface area is 425 Å². The van der Waals surface area contributed by atoms with Crippen molar-refractivity contribution >= 4 is 12.4 Å². The summed E-state index contributed by atoms with van der Waals surface area (Å²) in [7, 11) is 2.88. The monoisotopic (exact) mass is 1080 g/mol. The van der Waals surface area contributed by atoms with E-state index in [0.29, 0.717) is 35.4 Å². The van der Waals surface area contributed by atoms with Gasteiger partial charge in [-0.05, 0) is 93.7 Å². The normalized spacial score (nSPS) is 12.2. The van der Waals surface area contributed by atoms with Gasteiger partial charge in [0.2, 0.25) is 0 Å². The summed E-state index contributed by atoms with van der Waals surface area (Å²) in [4.78, 5) is 7.59. The van der Waals surface area contributed by atoms with Crippen molar-refractivity contribution in [1.29, 1.82) is 0 Å². The van der Waals surface area contributed by atoms with E-state index in [1.807, 2.05) is 60.7 Å². The van der Waals surface area contributed by atoms with Crippen molar-refractivity contribution in [3.05, 3.63) is 191 Å². The Hall–Kier alpha value is -5.96. The van der Waals surface area contributed by atoms with Crippen molar-refractivity contribution in [3.8, 4) is 33.8 Å². The third kappa shape index (κ3) is 18.3. The van der Waals surface area contributed by atoms with Gasteiger partial charge in [0.05, 0.1) is 22.3 Å². The Kier molecular flexibility index (Phi) is 21.1. The van der Waals surface area contributed by atoms with Crippen molar-refractivity contribution < 1.29 is 89.1 Å². The van der Waals surface area contributed by atoms with Crippen LogP contribution in [0.3, 0.4) is 0 Å². The molecule has 0 heterocycles. The fraction of sp³-hybridized carbons (Fsp3) is 0.259. The molecule has 0 bridgehead atoms. The number of hydrogen-bond acceptors (Lipinski definition) is 4. The molecule has 71 heavy (non-hydrogen) atoms. The standard InChI is InChI=1S/2C20H19F6NO.2C7H7.Zr/c2*1-18(2,3)16-8-11(5-13(10-27-4)17(16)28)12-6-14(19(21,22)23)9-15(7-12)20(24,25)26;2*1-7-5-3-2-4-6-7;/h2*5-10,28H,1-4H3;2*2-6H,1H2;/q;;2*-1;+2. The Morgan fingerprint density at radius 2 is 0.634 bits per heavy atom. The number of alkyl halides is 12. The molecule has 0 unspecified atom stereocenters. The minimum absolute atomic E-state index is 0. The maximum atomic E-state index is 13.2. The van der Waals surface area contributed by atoms with E-state index in [-0.39, 0.29) is 83.2 Å². The van der Waals surface area contributed by atoms with Gasteiger partial charge in [0.15, 0.2) is 0 Å². The summed E-state index contributed by atoms with van der Waals surface area (Å²) in [6, 6.07) is 28.0. The van der Waals surface area contributed by atoms with E-state index in [2.05, 4.69) is 23.8 Å². The van der Waals surface area contributed by atoms with Crippen molar-refractivity contribution in [2.45, 2.75) is 77.1 Å². The van der Waals surface area contributed by atoms with Crippen LogP contribution in [0.4, 0.5) is 52.7 Å². The molecule has 0 fully saturated rings. The molecule has 0 atom stereocenters. The summed E-state index contributed by atoms with van der Waals surface area (Å²) >= 11 is 0. The molecule has 0 aliphatic rings. The predicted molar refractivity (Wildman–Crippen MR) is 253 cm³/mol. The molecular formula is C54H52F12N2O2Zr. The van der Waals surface area contributed by atoms with Gasteiger partial charge in [-0.25, -0.2) is 0 Å². The van der Waals surface area contributed by atoms with Crippen LogP contribution in [0.5, 0.6) is 11.5 Å². The summed E-state index contributed by atoms with van der Waals surface area (Å²) in [5, 5.41) is 20.9. The minimum Gasteiger partial charge on any atom is -0.507 e. The maximum Gasteiger partial charge on any atom is 2.00 e. The largest absolute Gasteiger partial charge is 2.00 e. The van der Waals surface area contributed by atoms with Gasteiger partial charge in [0, 0.05) is 48.8 Å². The number of halogens is 12. The molecule has 0 spiro atoms. The molecule has 378 valence electrons. The number of benzene rings is 6. The first kappa shape index (κ1) is 61.2. The van der Waals surface area contributed by atoms with Gasteiger partial charge in [-0.3, -0.25) is 9.98 Å². The van der Waals surface area contributed by atoms with Crippen LogP contribution >= 0.6 is 0 Å². The molecule has 2 N–H and O–H groups in total. The number of nitrogens with zero attached hydrogens (tertiary/aromatic N) is 2. The fourth-order valence-electron chi connectivity index (χ4n) is 6.46. The second kappa shape index (κ2) is 24.4. The number of phenolic OH excluding ortho intramolecular Hbond substituents is 2. The summed E-state index contributed by atoms with van der Waals surface area (Å²) in [5.74, 6) is -0.241. The van der Waals surface area contributed by atoms with E-state index in [4.69, 9.17) is 0 Å². The molecule has 6 aromatic rings. The number of aromatic hydroxyl groups is 2. The van der Waals surface area contributed by atoms with Crippen LogP contribution in [-0.2, 0) is 61.7 Å². The molecule has 4 nitrogen and oxygen atoms in total. The average molecular weight is 1080 g/mol. The van der Waals surface area contributed by atoms with Crippen LogP contribution in [0.25, 0.3) is 22.3 Å². The topological polar surface area (TPSA) is 65.2 Å². The first-order valence-corrected chi connectivity index (χ1v) is 21.0. The molecule has 0 aliphatic heterocycles. The Morgan fingerprint density at radius 1 is 0.394 bits per heavy atom. The number of rotatable bonds is 4. The van der Waals surface area contributed by atoms with Crippen LogP contribution in [0.2, 0.25) is 0 Å². The zero-order valence-corrected chi connectivity index (χ0v) is 42.4. The van der Waals surface area contributed by atoms with Crippen molar-refractivity contribution in [3.63, 3.8) is 0 Å². The number of hydrogen-bond donors (Lipinski definition) is 2. The minimum atomic E-state index is -4.94. The van der Waals surface area contributed by atoms with E-state index >= 15 is 0 Å². The molecule has 0 aromatic heterocycles. The summed E-state index contributed by atoms with van der Waals surface area (Å²) in [6.07, 6.45) is -17.2. The average Bonchev–Trinajstić information content (AvgIpc) is 3.24. The van der Waals surface area contributed by atoms with E-state index in [1.54, 1.807) is 41.5 Å². The Balaban J connectivity index is 0.000000376. The van der Waals surface area contributed by atoms with E-state index in [0.717, 1.165) is 11.1 Å². The molecular weight excluding hydrogens is 1030 g/mol. The van der Waals surface area contributed by atoms with Crippen molar-refractivity contribution in [2.24, 2.45) is 9.98 Å². The van der Waals surface area contributed by atoms with Gasteiger partial charge in [-0.2, -0.15) is 102 Å². The Morgan fingerprint density at radius 3 is 0.817 bits per heavy atom. The molecule has 0 saturated heterocycles. The second-order valence-corrected chi connectivity index (χ2v) is 17.8. The van der Waals surface area contributed by atoms with Crippen LogP contribution in [0.15, 0.2) is 131 Å². The maximum absolute atomic E-state index is 13.2. The van der Waals surface area contributed by atoms with Crippen molar-refractivity contribution in [1.82, 2.24) is 0 Å². The first-order valence-electron chi connectivity index (χ1n) is 21.0. The quantitative estimate of drug-likeness (QED) is 0.105. The third-order valence-electron chi connectivity index (χ3n) is 9.96. The molecule has 17 heteroatoms. The van der Waals surface area contributed by atoms with Crippen LogP contribution in [0, 0.1) is 13.8 Å². The summed E-state index contributed by atoms with van der Waals surface area (Å²) in [5.41, 5.74) is -3.74. The number of phenols is 2. The zero-order chi connectivity index (χ0) is 53.2. The fourth-order valence-corrected chi connectivity index (χ4v) is 6.46. The van der Waals surface area contributed by atoms with Gasteiger partial charge in [-0.1, -0.05) is 53.7 Å². The first-order chi connectivity index (χ1) is 32.1. The molecule has 0 aliphatic carbocycles. The van der Waals surface area contributed by atoms with Gasteiger partial charge in [-0.15, -0.1) is 24.3 Å². The van der Waals surface area contributed by atoms with E-state index < -0.39 is 57.8 Å². The Bertz CT molecular complexity index is 2480. The zero-order valence-electron chi connectivity index (χ0n) is 39.9.